The van der Waals surface area contributed by atoms with Crippen LogP contribution in [0.5, 0.6) is 5.75 Å². The first-order valence-corrected chi connectivity index (χ1v) is 8.88. The van der Waals surface area contributed by atoms with Gasteiger partial charge in [-0.1, -0.05) is 35.9 Å². The van der Waals surface area contributed by atoms with E-state index in [0.717, 1.165) is 22.1 Å². The maximum atomic E-state index is 12.4. The molecule has 6 heteroatoms. The van der Waals surface area contributed by atoms with Crippen LogP contribution in [0, 0.1) is 13.8 Å². The Bertz CT molecular complexity index is 1060. The molecule has 0 saturated carbocycles. The zero-order chi connectivity index (χ0) is 19.6. The lowest BCUT2D eigenvalue weighted by Crippen LogP contribution is -2.31. The fourth-order valence-corrected chi connectivity index (χ4v) is 3.03. The molecule has 3 aromatic rings. The Morgan fingerprint density at radius 2 is 1.89 bits per heavy atom. The molecule has 0 spiro atoms. The van der Waals surface area contributed by atoms with Crippen LogP contribution in [0.4, 0.5) is 0 Å². The minimum Gasteiger partial charge on any atom is -0.482 e. The third-order valence-electron chi connectivity index (χ3n) is 4.45. The van der Waals surface area contributed by atoms with Crippen molar-refractivity contribution in [2.75, 3.05) is 13.7 Å². The van der Waals surface area contributed by atoms with Gasteiger partial charge in [0.05, 0.1) is 5.02 Å². The number of likely N-dealkylation sites (N-methyl/N-ethyl adjacent to an activating group) is 1. The molecule has 0 N–H and O–H groups in total. The number of aryl methyl sites for hydroxylation is 2. The van der Waals surface area contributed by atoms with Crippen molar-refractivity contribution < 1.29 is 13.9 Å². The second kappa shape index (κ2) is 7.84. The second-order valence-electron chi connectivity index (χ2n) is 6.49. The van der Waals surface area contributed by atoms with Gasteiger partial charge in [0, 0.05) is 31.1 Å². The number of carbonyl (C=O) groups is 1. The van der Waals surface area contributed by atoms with E-state index >= 15 is 0 Å². The molecule has 1 aromatic heterocycles. The number of rotatable bonds is 5. The van der Waals surface area contributed by atoms with Crippen molar-refractivity contribution in [3.8, 4) is 5.75 Å². The molecule has 1 amide bonds. The van der Waals surface area contributed by atoms with Crippen molar-refractivity contribution in [2.45, 2.75) is 20.4 Å². The van der Waals surface area contributed by atoms with Gasteiger partial charge >= 0.3 is 5.63 Å². The van der Waals surface area contributed by atoms with E-state index in [2.05, 4.69) is 0 Å². The lowest BCUT2D eigenvalue weighted by molar-refractivity contribution is -0.132. The Balaban J connectivity index is 1.72. The first kappa shape index (κ1) is 19.0. The highest BCUT2D eigenvalue weighted by Gasteiger charge is 2.14. The predicted octanol–water partition coefficient (Wildman–Crippen LogP) is 4.10. The lowest BCUT2D eigenvalue weighted by Gasteiger charge is -2.19. The molecule has 0 saturated heterocycles. The zero-order valence-corrected chi connectivity index (χ0v) is 16.2. The average Bonchev–Trinajstić information content (AvgIpc) is 2.62. The number of benzene rings is 2. The Labute approximate surface area is 162 Å². The summed E-state index contributed by atoms with van der Waals surface area (Å²) in [7, 11) is 1.72. The lowest BCUT2D eigenvalue weighted by atomic mass is 10.1. The monoisotopic (exact) mass is 385 g/mol. The molecule has 2 aromatic carbocycles. The van der Waals surface area contributed by atoms with Crippen LogP contribution in [0.25, 0.3) is 11.0 Å². The van der Waals surface area contributed by atoms with Crippen LogP contribution in [0.15, 0.2) is 51.7 Å². The summed E-state index contributed by atoms with van der Waals surface area (Å²) in [5.74, 6) is 0.121. The molecule has 3 rings (SSSR count). The third kappa shape index (κ3) is 4.31. The van der Waals surface area contributed by atoms with E-state index in [1.165, 1.54) is 6.07 Å². The Morgan fingerprint density at radius 1 is 1.15 bits per heavy atom. The molecule has 0 fully saturated rings. The van der Waals surface area contributed by atoms with Crippen LogP contribution >= 0.6 is 11.6 Å². The largest absolute Gasteiger partial charge is 0.482 e. The van der Waals surface area contributed by atoms with E-state index in [9.17, 15) is 9.59 Å². The summed E-state index contributed by atoms with van der Waals surface area (Å²) in [5.41, 5.74) is 2.90. The van der Waals surface area contributed by atoms with Gasteiger partial charge in [0.25, 0.3) is 5.91 Å². The maximum absolute atomic E-state index is 12.4. The molecule has 5 nitrogen and oxygen atoms in total. The van der Waals surface area contributed by atoms with Gasteiger partial charge in [0.1, 0.15) is 11.3 Å². The quantitative estimate of drug-likeness (QED) is 0.620. The summed E-state index contributed by atoms with van der Waals surface area (Å²) in [6.07, 6.45) is 0. The van der Waals surface area contributed by atoms with E-state index in [4.69, 9.17) is 20.8 Å². The minimum absolute atomic E-state index is 0.163. The second-order valence-corrected chi connectivity index (χ2v) is 6.90. The van der Waals surface area contributed by atoms with Crippen molar-refractivity contribution in [2.24, 2.45) is 0 Å². The number of carbonyl (C=O) groups excluding carboxylic acids is 1. The molecule has 0 unspecified atom stereocenters. The summed E-state index contributed by atoms with van der Waals surface area (Å²) in [4.78, 5) is 25.6. The molecule has 0 radical (unpaired) electrons. The zero-order valence-electron chi connectivity index (χ0n) is 15.4. The molecule has 0 atom stereocenters. The molecule has 0 aliphatic carbocycles. The van der Waals surface area contributed by atoms with E-state index in [-0.39, 0.29) is 12.5 Å². The number of halogens is 1. The van der Waals surface area contributed by atoms with Crippen LogP contribution in [0.1, 0.15) is 16.7 Å². The summed E-state index contributed by atoms with van der Waals surface area (Å²) >= 11 is 6.26. The third-order valence-corrected chi connectivity index (χ3v) is 4.74. The summed E-state index contributed by atoms with van der Waals surface area (Å²) in [6, 6.07) is 12.5. The highest BCUT2D eigenvalue weighted by atomic mass is 35.5. The molecule has 140 valence electrons. The summed E-state index contributed by atoms with van der Waals surface area (Å²) in [6.45, 7) is 4.15. The van der Waals surface area contributed by atoms with Gasteiger partial charge in [-0.25, -0.2) is 4.79 Å². The smallest absolute Gasteiger partial charge is 0.336 e. The van der Waals surface area contributed by atoms with Gasteiger partial charge in [0.2, 0.25) is 0 Å². The predicted molar refractivity (Wildman–Crippen MR) is 105 cm³/mol. The first-order valence-electron chi connectivity index (χ1n) is 8.50. The van der Waals surface area contributed by atoms with Crippen LogP contribution in [0.3, 0.4) is 0 Å². The van der Waals surface area contributed by atoms with Gasteiger partial charge in [0.15, 0.2) is 6.61 Å². The minimum atomic E-state index is -0.442. The molecule has 1 heterocycles. The molecule has 27 heavy (non-hydrogen) atoms. The number of amides is 1. The van der Waals surface area contributed by atoms with Crippen LogP contribution in [-0.4, -0.2) is 24.5 Å². The van der Waals surface area contributed by atoms with Gasteiger partial charge < -0.3 is 14.1 Å². The van der Waals surface area contributed by atoms with Crippen molar-refractivity contribution in [3.05, 3.63) is 74.6 Å². The SMILES string of the molecule is Cc1ccccc1CN(C)C(=O)COc1cc2oc(=O)cc(C)c2cc1Cl. The van der Waals surface area contributed by atoms with Gasteiger partial charge in [-0.15, -0.1) is 0 Å². The number of hydrogen-bond acceptors (Lipinski definition) is 4. The highest BCUT2D eigenvalue weighted by molar-refractivity contribution is 6.32. The number of hydrogen-bond donors (Lipinski definition) is 0. The molecular formula is C21H20ClNO4. The van der Waals surface area contributed by atoms with Crippen molar-refractivity contribution in [1.82, 2.24) is 4.90 Å². The number of ether oxygens (including phenoxy) is 1. The average molecular weight is 386 g/mol. The number of fused-ring (bicyclic) bond motifs is 1. The van der Waals surface area contributed by atoms with Crippen molar-refractivity contribution >= 4 is 28.5 Å². The van der Waals surface area contributed by atoms with E-state index in [0.29, 0.717) is 22.9 Å². The normalized spacial score (nSPS) is 10.8. The van der Waals surface area contributed by atoms with Crippen molar-refractivity contribution in [1.29, 1.82) is 0 Å². The topological polar surface area (TPSA) is 59.8 Å². The van der Waals surface area contributed by atoms with E-state index < -0.39 is 5.63 Å². The van der Waals surface area contributed by atoms with Crippen molar-refractivity contribution in [3.63, 3.8) is 0 Å². The van der Waals surface area contributed by atoms with E-state index in [1.807, 2.05) is 31.2 Å². The standard InChI is InChI=1S/C21H20ClNO4/c1-13-6-4-5-7-15(13)11-23(3)20(24)12-26-19-10-18-16(9-17(19)22)14(2)8-21(25)27-18/h4-10H,11-12H2,1-3H3. The molecule has 0 aliphatic heterocycles. The number of nitrogens with zero attached hydrogens (tertiary/aromatic N) is 1. The fourth-order valence-electron chi connectivity index (χ4n) is 2.81. The van der Waals surface area contributed by atoms with E-state index in [1.54, 1.807) is 31.0 Å². The highest BCUT2D eigenvalue weighted by Crippen LogP contribution is 2.31. The Kier molecular flexibility index (Phi) is 5.51. The summed E-state index contributed by atoms with van der Waals surface area (Å²) in [5, 5.41) is 1.09. The van der Waals surface area contributed by atoms with Crippen LogP contribution < -0.4 is 10.4 Å². The fraction of sp³-hybridized carbons (Fsp3) is 0.238. The molecule has 0 bridgehead atoms. The van der Waals surface area contributed by atoms with Gasteiger partial charge in [-0.3, -0.25) is 4.79 Å². The Morgan fingerprint density at radius 3 is 2.63 bits per heavy atom. The Hall–Kier alpha value is -2.79. The van der Waals surface area contributed by atoms with Crippen LogP contribution in [-0.2, 0) is 11.3 Å². The van der Waals surface area contributed by atoms with Crippen LogP contribution in [0.2, 0.25) is 5.02 Å². The molecular weight excluding hydrogens is 366 g/mol. The van der Waals surface area contributed by atoms with Gasteiger partial charge in [-0.2, -0.15) is 0 Å². The maximum Gasteiger partial charge on any atom is 0.336 e. The van der Waals surface area contributed by atoms with Gasteiger partial charge in [-0.05, 0) is 36.6 Å². The first-order chi connectivity index (χ1) is 12.8. The summed E-state index contributed by atoms with van der Waals surface area (Å²) < 4.78 is 10.8. The molecule has 0 aliphatic rings.